The number of rotatable bonds is 12. The molecule has 6 unspecified atom stereocenters. The number of thioether (sulfide) groups is 1. The molecule has 0 radical (unpaired) electrons. The Bertz CT molecular complexity index is 1240. The predicted molar refractivity (Wildman–Crippen MR) is 148 cm³/mol. The quantitative estimate of drug-likeness (QED) is 0.131. The summed E-state index contributed by atoms with van der Waals surface area (Å²) in [5.41, 5.74) is -3.06. The molecule has 1 fully saturated rings. The van der Waals surface area contributed by atoms with Gasteiger partial charge in [-0.2, -0.15) is 4.39 Å². The van der Waals surface area contributed by atoms with E-state index in [9.17, 15) is 28.7 Å². The van der Waals surface area contributed by atoms with Gasteiger partial charge in [0.25, 0.3) is 18.1 Å². The topological polar surface area (TPSA) is 158 Å². The molecule has 0 saturated carbocycles. The number of ether oxygens (including phenoxy) is 2. The zero-order chi connectivity index (χ0) is 30.6. The minimum absolute atomic E-state index is 0.0952. The normalized spacial score (nSPS) is 25.5. The van der Waals surface area contributed by atoms with E-state index in [2.05, 4.69) is 5.09 Å². The molecule has 2 heterocycles. The third-order valence-electron chi connectivity index (χ3n) is 5.23. The van der Waals surface area contributed by atoms with Gasteiger partial charge in [-0.3, -0.25) is 23.9 Å². The molecule has 1 aromatic heterocycles. The Morgan fingerprint density at radius 1 is 1.35 bits per heavy atom. The van der Waals surface area contributed by atoms with E-state index in [-0.39, 0.29) is 17.5 Å². The molecule has 2 rings (SSSR count). The van der Waals surface area contributed by atoms with Gasteiger partial charge in [0.15, 0.2) is 11.3 Å². The maximum absolute atomic E-state index is 15.3. The molecule has 0 bridgehead atoms. The third kappa shape index (κ3) is 9.13. The van der Waals surface area contributed by atoms with Crippen LogP contribution in [0.5, 0.6) is 0 Å². The number of aromatic amines is 1. The average Bonchev–Trinajstić information content (AvgIpc) is 3.05. The molecule has 1 saturated heterocycles. The van der Waals surface area contributed by atoms with Crippen LogP contribution in [-0.4, -0.2) is 74.2 Å². The summed E-state index contributed by atoms with van der Waals surface area (Å²) in [6.07, 6.45) is -3.56. The molecule has 0 spiro atoms. The maximum Gasteiger partial charge on any atom is 0.330 e. The van der Waals surface area contributed by atoms with Gasteiger partial charge in [-0.25, -0.2) is 14.3 Å². The Morgan fingerprint density at radius 2 is 1.98 bits per heavy atom. The number of hydrogen-bond acceptors (Lipinski definition) is 11. The molecule has 228 valence electrons. The number of alkyl halides is 2. The molecule has 1 aliphatic heterocycles. The van der Waals surface area contributed by atoms with E-state index in [1.807, 2.05) is 0 Å². The van der Waals surface area contributed by atoms with Gasteiger partial charge in [-0.05, 0) is 32.6 Å². The second kappa shape index (κ2) is 13.8. The zero-order valence-corrected chi connectivity index (χ0v) is 25.9. The smallest absolute Gasteiger partial charge is 0.330 e. The van der Waals surface area contributed by atoms with Crippen molar-refractivity contribution in [3.63, 3.8) is 0 Å². The van der Waals surface area contributed by atoms with Crippen molar-refractivity contribution in [1.29, 1.82) is 0 Å². The number of hydrogen-bond donors (Lipinski definition) is 3. The Morgan fingerprint density at radius 3 is 2.55 bits per heavy atom. The molecule has 0 aliphatic carbocycles. The monoisotopic (exact) mass is 651 g/mol. The van der Waals surface area contributed by atoms with Crippen LogP contribution in [0.1, 0.15) is 47.8 Å². The SMILES string of the molecule is CC(C)OC(=O)C(C)NP(=S)(OCCSC(=O)C(C)(C)C)OCC1OC(n2cc(F)c(=O)[nH]c2=O)C(Cl)C1(O)F. The highest BCUT2D eigenvalue weighted by atomic mass is 35.5. The Kier molecular flexibility index (Phi) is 12.1. The minimum Gasteiger partial charge on any atom is -0.462 e. The highest BCUT2D eigenvalue weighted by Gasteiger charge is 2.57. The highest BCUT2D eigenvalue weighted by molar-refractivity contribution is 8.13. The van der Waals surface area contributed by atoms with Crippen LogP contribution in [0.2, 0.25) is 0 Å². The summed E-state index contributed by atoms with van der Waals surface area (Å²) < 4.78 is 51.4. The van der Waals surface area contributed by atoms with Crippen molar-refractivity contribution in [3.05, 3.63) is 32.9 Å². The highest BCUT2D eigenvalue weighted by Crippen LogP contribution is 2.48. The Labute approximate surface area is 243 Å². The Hall–Kier alpha value is -1.23. The van der Waals surface area contributed by atoms with E-state index in [1.165, 1.54) is 6.92 Å². The van der Waals surface area contributed by atoms with Crippen LogP contribution in [0.15, 0.2) is 15.8 Å². The number of esters is 1. The van der Waals surface area contributed by atoms with E-state index in [0.717, 1.165) is 11.8 Å². The molecule has 1 aliphatic rings. The molecule has 0 aromatic carbocycles. The number of carbonyl (C=O) groups is 2. The van der Waals surface area contributed by atoms with Gasteiger partial charge in [0.2, 0.25) is 5.82 Å². The van der Waals surface area contributed by atoms with Crippen LogP contribution in [-0.2, 0) is 39.9 Å². The van der Waals surface area contributed by atoms with E-state index in [1.54, 1.807) is 39.6 Å². The van der Waals surface area contributed by atoms with E-state index >= 15 is 4.39 Å². The van der Waals surface area contributed by atoms with Crippen LogP contribution in [0.3, 0.4) is 0 Å². The van der Waals surface area contributed by atoms with Gasteiger partial charge in [-0.15, -0.1) is 11.6 Å². The fourth-order valence-electron chi connectivity index (χ4n) is 3.13. The minimum atomic E-state index is -3.64. The summed E-state index contributed by atoms with van der Waals surface area (Å²) >= 11 is 12.5. The number of nitrogens with zero attached hydrogens (tertiary/aromatic N) is 1. The first-order valence-corrected chi connectivity index (χ1v) is 16.1. The maximum atomic E-state index is 15.3. The standard InChI is InChI=1S/C22H33ClF2N3O9PS2/c1-11(2)36-18(30)12(3)27-38(39,34-7-8-40-19(31)21(4,5)6)35-10-14-22(25,33)15(23)17(37-14)28-9-13(24)16(29)26-20(28)32/h9,11-12,14-15,17,33H,7-8,10H2,1-6H3,(H,27,39)(H,26,29,32). The van der Waals surface area contributed by atoms with E-state index in [0.29, 0.717) is 10.8 Å². The average molecular weight is 652 g/mol. The fourth-order valence-corrected chi connectivity index (χ4v) is 6.71. The molecular formula is C22H33ClF2N3O9PS2. The van der Waals surface area contributed by atoms with Crippen LogP contribution < -0.4 is 16.3 Å². The van der Waals surface area contributed by atoms with Gasteiger partial charge in [0.1, 0.15) is 17.5 Å². The van der Waals surface area contributed by atoms with Crippen molar-refractivity contribution < 1.29 is 42.0 Å². The number of nitrogens with one attached hydrogen (secondary N) is 2. The number of carbonyl (C=O) groups excluding carboxylic acids is 2. The van der Waals surface area contributed by atoms with E-state index in [4.69, 9.17) is 41.9 Å². The zero-order valence-electron chi connectivity index (χ0n) is 22.6. The molecule has 40 heavy (non-hydrogen) atoms. The number of aliphatic hydroxyl groups is 1. The summed E-state index contributed by atoms with van der Waals surface area (Å²) in [6.45, 7) is 5.49. The van der Waals surface area contributed by atoms with Gasteiger partial charge in [0, 0.05) is 11.2 Å². The Balaban J connectivity index is 2.20. The summed E-state index contributed by atoms with van der Waals surface area (Å²) in [5.74, 6) is -5.17. The summed E-state index contributed by atoms with van der Waals surface area (Å²) in [5, 5.41) is 11.1. The molecule has 1 aromatic rings. The lowest BCUT2D eigenvalue weighted by atomic mass is 10.00. The number of halogens is 3. The largest absolute Gasteiger partial charge is 0.462 e. The molecule has 6 atom stereocenters. The number of H-pyrrole nitrogens is 1. The van der Waals surface area contributed by atoms with Gasteiger partial charge >= 0.3 is 11.7 Å². The molecule has 18 heteroatoms. The molecule has 12 nitrogen and oxygen atoms in total. The van der Waals surface area contributed by atoms with Gasteiger partial charge < -0.3 is 23.6 Å². The van der Waals surface area contributed by atoms with Crippen LogP contribution in [0, 0.1) is 11.2 Å². The molecular weight excluding hydrogens is 619 g/mol. The lowest BCUT2D eigenvalue weighted by Gasteiger charge is -2.29. The first-order chi connectivity index (χ1) is 18.3. The summed E-state index contributed by atoms with van der Waals surface area (Å²) in [7, 11) is 0. The lowest BCUT2D eigenvalue weighted by molar-refractivity contribution is -0.150. The fraction of sp³-hybridized carbons (Fsp3) is 0.727. The van der Waals surface area contributed by atoms with Crippen molar-refractivity contribution in [2.45, 2.75) is 77.3 Å². The van der Waals surface area contributed by atoms with Crippen LogP contribution >= 0.6 is 30.0 Å². The van der Waals surface area contributed by atoms with Gasteiger partial charge in [-0.1, -0.05) is 32.5 Å². The van der Waals surface area contributed by atoms with Crippen molar-refractivity contribution in [1.82, 2.24) is 14.6 Å². The number of aromatic nitrogens is 2. The van der Waals surface area contributed by atoms with Crippen molar-refractivity contribution >= 4 is 52.9 Å². The van der Waals surface area contributed by atoms with Crippen molar-refractivity contribution in [2.24, 2.45) is 5.41 Å². The molecule has 0 amide bonds. The van der Waals surface area contributed by atoms with Crippen LogP contribution in [0.25, 0.3) is 0 Å². The van der Waals surface area contributed by atoms with Gasteiger partial charge in [0.05, 0.1) is 25.5 Å². The summed E-state index contributed by atoms with van der Waals surface area (Å²) in [6, 6.07) is -1.03. The first kappa shape index (κ1) is 35.0. The lowest BCUT2D eigenvalue weighted by Crippen LogP contribution is -2.44. The van der Waals surface area contributed by atoms with Crippen LogP contribution in [0.4, 0.5) is 8.78 Å². The second-order valence-electron chi connectivity index (χ2n) is 10.1. The predicted octanol–water partition coefficient (Wildman–Crippen LogP) is 2.33. The first-order valence-electron chi connectivity index (χ1n) is 12.0. The second-order valence-corrected chi connectivity index (χ2v) is 14.9. The van der Waals surface area contributed by atoms with Crippen molar-refractivity contribution in [2.75, 3.05) is 19.0 Å². The van der Waals surface area contributed by atoms with E-state index < -0.39 is 77.4 Å². The molecule has 3 N–H and O–H groups in total. The van der Waals surface area contributed by atoms with Crippen molar-refractivity contribution in [3.8, 4) is 0 Å². The third-order valence-corrected chi connectivity index (χ3v) is 9.66. The summed E-state index contributed by atoms with van der Waals surface area (Å²) in [4.78, 5) is 49.7.